The zero-order valence-corrected chi connectivity index (χ0v) is 21.5. The number of rotatable bonds is 5. The van der Waals surface area contributed by atoms with Crippen molar-refractivity contribution in [2.45, 2.75) is 44.3 Å². The molecular formula is C29H29N5O4. The lowest BCUT2D eigenvalue weighted by Crippen LogP contribution is -2.51. The number of anilines is 1. The lowest BCUT2D eigenvalue weighted by Gasteiger charge is -2.32. The molecule has 1 aromatic heterocycles. The minimum Gasteiger partial charge on any atom is -0.505 e. The fraction of sp³-hybridized carbons (Fsp3) is 0.345. The fourth-order valence-electron chi connectivity index (χ4n) is 5.65. The largest absolute Gasteiger partial charge is 0.505 e. The molecule has 0 radical (unpaired) electrons. The average molecular weight is 512 g/mol. The van der Waals surface area contributed by atoms with Crippen LogP contribution in [0.2, 0.25) is 0 Å². The van der Waals surface area contributed by atoms with Crippen molar-refractivity contribution in [3.05, 3.63) is 77.3 Å². The quantitative estimate of drug-likeness (QED) is 0.507. The molecule has 3 atom stereocenters. The molecule has 1 fully saturated rings. The summed E-state index contributed by atoms with van der Waals surface area (Å²) >= 11 is 0. The predicted octanol–water partition coefficient (Wildman–Crippen LogP) is 3.79. The van der Waals surface area contributed by atoms with Crippen molar-refractivity contribution in [3.63, 3.8) is 0 Å². The summed E-state index contributed by atoms with van der Waals surface area (Å²) in [6.07, 6.45) is 1.24. The first-order valence-electron chi connectivity index (χ1n) is 12.6. The maximum Gasteiger partial charge on any atom is 0.302 e. The number of aromatic nitrogens is 1. The molecule has 1 saturated heterocycles. The van der Waals surface area contributed by atoms with Crippen molar-refractivity contribution in [1.29, 1.82) is 0 Å². The van der Waals surface area contributed by atoms with E-state index in [2.05, 4.69) is 15.1 Å². The van der Waals surface area contributed by atoms with Gasteiger partial charge in [0, 0.05) is 30.9 Å². The molecule has 1 spiro atoms. The SMILES string of the molecule is [C-]#[N+][C@@H]1C[C@@]2(CN1C(=O)[C@H](CC(C)C)N(C)C(=O)c1ccc3cccnc3c1O)C(=O)Nc1ccccc12. The van der Waals surface area contributed by atoms with Gasteiger partial charge >= 0.3 is 6.17 Å². The van der Waals surface area contributed by atoms with Crippen LogP contribution in [-0.2, 0) is 15.0 Å². The molecule has 2 aliphatic rings. The summed E-state index contributed by atoms with van der Waals surface area (Å²) in [5.74, 6) is -1.31. The summed E-state index contributed by atoms with van der Waals surface area (Å²) in [5.41, 5.74) is 0.826. The molecule has 0 aliphatic carbocycles. The summed E-state index contributed by atoms with van der Waals surface area (Å²) in [7, 11) is 1.53. The normalized spacial score (nSPS) is 20.9. The van der Waals surface area contributed by atoms with Gasteiger partial charge in [0.2, 0.25) is 5.91 Å². The van der Waals surface area contributed by atoms with Crippen molar-refractivity contribution in [2.75, 3.05) is 18.9 Å². The van der Waals surface area contributed by atoms with Crippen LogP contribution < -0.4 is 5.32 Å². The van der Waals surface area contributed by atoms with Gasteiger partial charge in [-0.1, -0.05) is 44.2 Å². The minimum absolute atomic E-state index is 0.0453. The van der Waals surface area contributed by atoms with Gasteiger partial charge < -0.3 is 15.3 Å². The first kappa shape index (κ1) is 25.2. The smallest absolute Gasteiger partial charge is 0.302 e. The zero-order valence-electron chi connectivity index (χ0n) is 21.5. The third-order valence-corrected chi connectivity index (χ3v) is 7.63. The second-order valence-electron chi connectivity index (χ2n) is 10.5. The number of phenolic OH excluding ortho intramolecular Hbond substituents is 1. The van der Waals surface area contributed by atoms with Gasteiger partial charge in [0.05, 0.1) is 12.0 Å². The number of pyridine rings is 1. The van der Waals surface area contributed by atoms with E-state index in [4.69, 9.17) is 6.57 Å². The van der Waals surface area contributed by atoms with Crippen molar-refractivity contribution in [2.24, 2.45) is 5.92 Å². The van der Waals surface area contributed by atoms with E-state index in [1.807, 2.05) is 38.1 Å². The summed E-state index contributed by atoms with van der Waals surface area (Å²) in [4.78, 5) is 51.5. The Morgan fingerprint density at radius 1 is 1.24 bits per heavy atom. The number of likely N-dealkylation sites (N-methyl/N-ethyl adjacent to an activating group) is 1. The van der Waals surface area contributed by atoms with Crippen LogP contribution in [0.5, 0.6) is 5.75 Å². The Kier molecular flexibility index (Phi) is 6.27. The third kappa shape index (κ3) is 3.93. The molecular weight excluding hydrogens is 482 g/mol. The van der Waals surface area contributed by atoms with Crippen LogP contribution in [0.15, 0.2) is 54.7 Å². The number of nitrogens with one attached hydrogen (secondary N) is 1. The van der Waals surface area contributed by atoms with Crippen LogP contribution in [0.3, 0.4) is 0 Å². The van der Waals surface area contributed by atoms with E-state index in [0.717, 1.165) is 5.56 Å². The number of carbonyl (C=O) groups is 3. The van der Waals surface area contributed by atoms with Crippen molar-refractivity contribution in [3.8, 4) is 5.75 Å². The average Bonchev–Trinajstić information content (AvgIpc) is 3.44. The lowest BCUT2D eigenvalue weighted by molar-refractivity contribution is -0.136. The van der Waals surface area contributed by atoms with E-state index in [9.17, 15) is 19.5 Å². The Labute approximate surface area is 220 Å². The molecule has 3 aromatic rings. The first-order chi connectivity index (χ1) is 18.2. The highest BCUT2D eigenvalue weighted by Crippen LogP contribution is 2.47. The first-order valence-corrected chi connectivity index (χ1v) is 12.6. The molecule has 2 aromatic carbocycles. The molecule has 38 heavy (non-hydrogen) atoms. The minimum atomic E-state index is -1.01. The molecule has 0 bridgehead atoms. The Morgan fingerprint density at radius 2 is 2.00 bits per heavy atom. The number of benzene rings is 2. The van der Waals surface area contributed by atoms with Gasteiger partial charge in [-0.05, 0) is 36.1 Å². The maximum absolute atomic E-state index is 14.1. The summed E-state index contributed by atoms with van der Waals surface area (Å²) in [5, 5.41) is 14.4. The fourth-order valence-corrected chi connectivity index (χ4v) is 5.65. The second kappa shape index (κ2) is 9.45. The van der Waals surface area contributed by atoms with Gasteiger partial charge in [-0.2, -0.15) is 0 Å². The second-order valence-corrected chi connectivity index (χ2v) is 10.5. The molecule has 9 heteroatoms. The van der Waals surface area contributed by atoms with E-state index in [-0.39, 0.29) is 42.0 Å². The molecule has 3 amide bonds. The van der Waals surface area contributed by atoms with Gasteiger partial charge in [0.1, 0.15) is 17.0 Å². The molecule has 194 valence electrons. The number of carbonyl (C=O) groups excluding carboxylic acids is 3. The van der Waals surface area contributed by atoms with Crippen LogP contribution in [0, 0.1) is 12.5 Å². The molecule has 0 saturated carbocycles. The number of phenols is 1. The molecule has 2 N–H and O–H groups in total. The maximum atomic E-state index is 14.1. The summed E-state index contributed by atoms with van der Waals surface area (Å²) in [6, 6.07) is 13.2. The predicted molar refractivity (Wildman–Crippen MR) is 142 cm³/mol. The zero-order chi connectivity index (χ0) is 27.2. The topological polar surface area (TPSA) is 107 Å². The van der Waals surface area contributed by atoms with E-state index in [1.165, 1.54) is 29.1 Å². The standard InChI is InChI=1S/C29H29N5O4/c1-17(2)14-22(33(4)26(36)19-12-11-18-8-7-13-31-24(18)25(19)35)27(37)34-16-29(15-23(34)30-3)20-9-5-6-10-21(20)32-28(29)38/h5-13,17,22-23,35H,14-16H2,1-2,4H3,(H,32,38)/t22-,23-,29-/m0/s1. The van der Waals surface area contributed by atoms with E-state index in [1.54, 1.807) is 18.2 Å². The van der Waals surface area contributed by atoms with Gasteiger partial charge in [-0.15, -0.1) is 0 Å². The van der Waals surface area contributed by atoms with Crippen molar-refractivity contribution < 1.29 is 19.5 Å². The number of aromatic hydroxyl groups is 1. The van der Waals surface area contributed by atoms with E-state index in [0.29, 0.717) is 23.0 Å². The molecule has 2 aliphatic heterocycles. The molecule has 0 unspecified atom stereocenters. The number of fused-ring (bicyclic) bond motifs is 3. The number of hydrogen-bond acceptors (Lipinski definition) is 5. The Balaban J connectivity index is 1.48. The summed E-state index contributed by atoms with van der Waals surface area (Å²) < 4.78 is 0. The Hall–Kier alpha value is -4.45. The third-order valence-electron chi connectivity index (χ3n) is 7.63. The van der Waals surface area contributed by atoms with Gasteiger partial charge in [0.15, 0.2) is 5.75 Å². The van der Waals surface area contributed by atoms with Crippen LogP contribution in [0.25, 0.3) is 15.7 Å². The monoisotopic (exact) mass is 511 g/mol. The lowest BCUT2D eigenvalue weighted by atomic mass is 9.80. The molecule has 5 rings (SSSR count). The van der Waals surface area contributed by atoms with Gasteiger partial charge in [-0.3, -0.25) is 29.1 Å². The highest BCUT2D eigenvalue weighted by molar-refractivity contribution is 6.08. The van der Waals surface area contributed by atoms with Crippen LogP contribution >= 0.6 is 0 Å². The highest BCUT2D eigenvalue weighted by atomic mass is 16.3. The van der Waals surface area contributed by atoms with Gasteiger partial charge in [-0.25, -0.2) is 6.57 Å². The number of likely N-dealkylation sites (tertiary alicyclic amines) is 1. The van der Waals surface area contributed by atoms with Crippen LogP contribution in [0.1, 0.15) is 42.6 Å². The van der Waals surface area contributed by atoms with Crippen LogP contribution in [0.4, 0.5) is 5.69 Å². The number of amides is 3. The number of hydrogen-bond donors (Lipinski definition) is 2. The molecule has 3 heterocycles. The Bertz CT molecular complexity index is 1500. The molecule has 9 nitrogen and oxygen atoms in total. The van der Waals surface area contributed by atoms with E-state index < -0.39 is 23.5 Å². The highest BCUT2D eigenvalue weighted by Gasteiger charge is 2.59. The number of para-hydroxylation sites is 1. The van der Waals surface area contributed by atoms with Crippen molar-refractivity contribution in [1.82, 2.24) is 14.8 Å². The van der Waals surface area contributed by atoms with E-state index >= 15 is 0 Å². The number of nitrogens with zero attached hydrogens (tertiary/aromatic N) is 4. The van der Waals surface area contributed by atoms with Crippen molar-refractivity contribution >= 4 is 34.3 Å². The van der Waals surface area contributed by atoms with Crippen LogP contribution in [-0.4, -0.2) is 63.4 Å². The van der Waals surface area contributed by atoms with Gasteiger partial charge in [0.25, 0.3) is 11.8 Å². The summed E-state index contributed by atoms with van der Waals surface area (Å²) in [6.45, 7) is 11.8. The Morgan fingerprint density at radius 3 is 2.74 bits per heavy atom.